The number of thioether (sulfide) groups is 1. The molecule has 0 aliphatic carbocycles. The van der Waals surface area contributed by atoms with E-state index in [1.54, 1.807) is 24.3 Å². The molecular formula is C17H13N5O5S. The fourth-order valence-electron chi connectivity index (χ4n) is 2.42. The highest BCUT2D eigenvalue weighted by Gasteiger charge is 2.30. The standard InChI is InChI=1S/C17H13N5O5S/c23-16-15(9-11-4-6-13(7-5-11)21(24)25)28-17(19-16)20-18-10-12-2-1-3-14(8-12)22(26)27/h1-8,10,15H,9H2,(H,19,20,23)/b18-10-/t15-/m1/s1. The van der Waals surface area contributed by atoms with E-state index in [0.29, 0.717) is 17.2 Å². The fraction of sp³-hybridized carbons (Fsp3) is 0.118. The molecule has 1 fully saturated rings. The molecule has 1 heterocycles. The van der Waals surface area contributed by atoms with Crippen molar-refractivity contribution in [2.75, 3.05) is 0 Å². The van der Waals surface area contributed by atoms with Crippen LogP contribution in [0.1, 0.15) is 11.1 Å². The van der Waals surface area contributed by atoms with Crippen molar-refractivity contribution in [2.24, 2.45) is 10.2 Å². The number of carbonyl (C=O) groups is 1. The van der Waals surface area contributed by atoms with Gasteiger partial charge in [0.1, 0.15) is 0 Å². The van der Waals surface area contributed by atoms with Gasteiger partial charge in [-0.15, -0.1) is 5.10 Å². The molecule has 2 aromatic rings. The summed E-state index contributed by atoms with van der Waals surface area (Å²) in [4.78, 5) is 32.5. The van der Waals surface area contributed by atoms with Crippen molar-refractivity contribution in [2.45, 2.75) is 11.7 Å². The summed E-state index contributed by atoms with van der Waals surface area (Å²) >= 11 is 1.20. The van der Waals surface area contributed by atoms with Crippen molar-refractivity contribution in [1.82, 2.24) is 5.32 Å². The average Bonchev–Trinajstić information content (AvgIpc) is 3.01. The van der Waals surface area contributed by atoms with Gasteiger partial charge in [0.15, 0.2) is 5.17 Å². The van der Waals surface area contributed by atoms with Crippen LogP contribution in [-0.4, -0.2) is 32.4 Å². The van der Waals surface area contributed by atoms with Crippen molar-refractivity contribution in [3.8, 4) is 0 Å². The van der Waals surface area contributed by atoms with Crippen LogP contribution in [-0.2, 0) is 11.2 Å². The number of amidine groups is 1. The lowest BCUT2D eigenvalue weighted by molar-refractivity contribution is -0.385. The highest BCUT2D eigenvalue weighted by atomic mass is 32.2. The minimum absolute atomic E-state index is 0.00925. The number of nitro benzene ring substituents is 2. The summed E-state index contributed by atoms with van der Waals surface area (Å²) in [5.41, 5.74) is 1.24. The number of hydrogen-bond acceptors (Lipinski definition) is 8. The summed E-state index contributed by atoms with van der Waals surface area (Å²) in [5.74, 6) is -0.229. The van der Waals surface area contributed by atoms with Crippen LogP contribution < -0.4 is 5.32 Å². The van der Waals surface area contributed by atoms with Crippen LogP contribution in [0.3, 0.4) is 0 Å². The molecule has 1 aliphatic heterocycles. The first-order valence-electron chi connectivity index (χ1n) is 7.99. The maximum atomic E-state index is 12.1. The Balaban J connectivity index is 1.62. The number of benzene rings is 2. The van der Waals surface area contributed by atoms with E-state index in [4.69, 9.17) is 0 Å². The lowest BCUT2D eigenvalue weighted by Gasteiger charge is -2.04. The molecular weight excluding hydrogens is 386 g/mol. The average molecular weight is 399 g/mol. The highest BCUT2D eigenvalue weighted by Crippen LogP contribution is 2.24. The number of nitrogens with zero attached hydrogens (tertiary/aromatic N) is 4. The number of nitrogens with one attached hydrogen (secondary N) is 1. The molecule has 1 aliphatic rings. The Morgan fingerprint density at radius 1 is 1.07 bits per heavy atom. The van der Waals surface area contributed by atoms with Gasteiger partial charge in [-0.2, -0.15) is 5.10 Å². The summed E-state index contributed by atoms with van der Waals surface area (Å²) in [6.07, 6.45) is 1.75. The second-order valence-corrected chi connectivity index (χ2v) is 6.92. The molecule has 1 atom stereocenters. The number of non-ortho nitro benzene ring substituents is 2. The third kappa shape index (κ3) is 4.76. The van der Waals surface area contributed by atoms with E-state index >= 15 is 0 Å². The Hall–Kier alpha value is -3.60. The van der Waals surface area contributed by atoms with Crippen molar-refractivity contribution in [3.63, 3.8) is 0 Å². The summed E-state index contributed by atoms with van der Waals surface area (Å²) < 4.78 is 0. The fourth-order valence-corrected chi connectivity index (χ4v) is 3.39. The highest BCUT2D eigenvalue weighted by molar-refractivity contribution is 8.15. The molecule has 11 heteroatoms. The number of amides is 1. The topological polar surface area (TPSA) is 140 Å². The van der Waals surface area contributed by atoms with Gasteiger partial charge >= 0.3 is 0 Å². The monoisotopic (exact) mass is 399 g/mol. The third-order valence-corrected chi connectivity index (χ3v) is 4.85. The van der Waals surface area contributed by atoms with Crippen molar-refractivity contribution < 1.29 is 14.6 Å². The molecule has 1 amide bonds. The van der Waals surface area contributed by atoms with Gasteiger partial charge in [0.25, 0.3) is 11.4 Å². The lowest BCUT2D eigenvalue weighted by atomic mass is 10.1. The van der Waals surface area contributed by atoms with E-state index in [-0.39, 0.29) is 17.3 Å². The van der Waals surface area contributed by atoms with Crippen LogP contribution in [0, 0.1) is 20.2 Å². The Morgan fingerprint density at radius 2 is 1.79 bits per heavy atom. The molecule has 0 saturated carbocycles. The quantitative estimate of drug-likeness (QED) is 0.450. The molecule has 1 saturated heterocycles. The SMILES string of the molecule is O=C1N/C(=N\N=C/c2cccc([N+](=O)[O-])c2)S[C@@H]1Cc1ccc([N+](=O)[O-])cc1. The van der Waals surface area contributed by atoms with Gasteiger partial charge in [0, 0.05) is 29.8 Å². The van der Waals surface area contributed by atoms with E-state index in [9.17, 15) is 25.0 Å². The second-order valence-electron chi connectivity index (χ2n) is 5.73. The number of hydrogen-bond donors (Lipinski definition) is 1. The van der Waals surface area contributed by atoms with Crippen molar-refractivity contribution in [1.29, 1.82) is 0 Å². The molecule has 28 heavy (non-hydrogen) atoms. The van der Waals surface area contributed by atoms with E-state index in [1.165, 1.54) is 42.2 Å². The number of rotatable bonds is 6. The van der Waals surface area contributed by atoms with Crippen LogP contribution in [0.4, 0.5) is 11.4 Å². The zero-order valence-electron chi connectivity index (χ0n) is 14.2. The first kappa shape index (κ1) is 19.2. The van der Waals surface area contributed by atoms with E-state index in [0.717, 1.165) is 5.56 Å². The third-order valence-electron chi connectivity index (χ3n) is 3.78. The Morgan fingerprint density at radius 3 is 2.46 bits per heavy atom. The minimum Gasteiger partial charge on any atom is -0.303 e. The van der Waals surface area contributed by atoms with Crippen LogP contribution in [0.5, 0.6) is 0 Å². The molecule has 0 spiro atoms. The zero-order chi connectivity index (χ0) is 20.1. The normalized spacial score (nSPS) is 17.8. The van der Waals surface area contributed by atoms with Gasteiger partial charge in [0.05, 0.1) is 21.3 Å². The maximum absolute atomic E-state index is 12.1. The predicted octanol–water partition coefficient (Wildman–Crippen LogP) is 2.67. The molecule has 0 unspecified atom stereocenters. The van der Waals surface area contributed by atoms with E-state index in [2.05, 4.69) is 15.5 Å². The molecule has 10 nitrogen and oxygen atoms in total. The molecule has 0 aromatic heterocycles. The summed E-state index contributed by atoms with van der Waals surface area (Å²) in [5, 5.41) is 31.7. The van der Waals surface area contributed by atoms with E-state index in [1.807, 2.05) is 0 Å². The molecule has 3 rings (SSSR count). The van der Waals surface area contributed by atoms with Gasteiger partial charge in [-0.3, -0.25) is 25.0 Å². The summed E-state index contributed by atoms with van der Waals surface area (Å²) in [6.45, 7) is 0. The Bertz CT molecular complexity index is 990. The minimum atomic E-state index is -0.501. The molecule has 2 aromatic carbocycles. The van der Waals surface area contributed by atoms with Crippen LogP contribution in [0.15, 0.2) is 58.7 Å². The van der Waals surface area contributed by atoms with Gasteiger partial charge in [-0.1, -0.05) is 36.0 Å². The number of carbonyl (C=O) groups excluding carboxylic acids is 1. The predicted molar refractivity (Wildman–Crippen MR) is 104 cm³/mol. The van der Waals surface area contributed by atoms with Crippen LogP contribution in [0.2, 0.25) is 0 Å². The summed E-state index contributed by atoms with van der Waals surface area (Å²) in [6, 6.07) is 11.9. The van der Waals surface area contributed by atoms with Crippen molar-refractivity contribution in [3.05, 3.63) is 79.9 Å². The number of nitro groups is 2. The largest absolute Gasteiger partial charge is 0.303 e. The first-order chi connectivity index (χ1) is 13.4. The first-order valence-corrected chi connectivity index (χ1v) is 8.86. The van der Waals surface area contributed by atoms with Gasteiger partial charge < -0.3 is 5.32 Å². The van der Waals surface area contributed by atoms with Crippen LogP contribution >= 0.6 is 11.8 Å². The van der Waals surface area contributed by atoms with Crippen LogP contribution in [0.25, 0.3) is 0 Å². The van der Waals surface area contributed by atoms with E-state index < -0.39 is 15.1 Å². The Kier molecular flexibility index (Phi) is 5.75. The van der Waals surface area contributed by atoms with Crippen molar-refractivity contribution >= 4 is 40.4 Å². The molecule has 142 valence electrons. The summed E-state index contributed by atoms with van der Waals surface area (Å²) in [7, 11) is 0. The Labute approximate surface area is 162 Å². The lowest BCUT2D eigenvalue weighted by Crippen LogP contribution is -2.25. The smallest absolute Gasteiger partial charge is 0.270 e. The second kappa shape index (κ2) is 8.39. The molecule has 1 N–H and O–H groups in total. The van der Waals surface area contributed by atoms with Gasteiger partial charge in [-0.05, 0) is 12.0 Å². The van der Waals surface area contributed by atoms with Gasteiger partial charge in [-0.25, -0.2) is 0 Å². The maximum Gasteiger partial charge on any atom is 0.270 e. The van der Waals surface area contributed by atoms with Gasteiger partial charge in [0.2, 0.25) is 5.91 Å². The molecule has 0 radical (unpaired) electrons. The zero-order valence-corrected chi connectivity index (χ0v) is 15.0. The molecule has 0 bridgehead atoms.